The standard InChI is InChI=1S/C13H13N5O3S/c19-12(11-10(18(20)21)6-14-17-11)16-13-15-9(7-22-13)8-4-2-1-3-5-8/h1-5,7,10-11,14,17H,6H2,(H,15,16,19). The zero-order chi connectivity index (χ0) is 15.5. The van der Waals surface area contributed by atoms with Gasteiger partial charge in [0.15, 0.2) is 11.2 Å². The molecule has 3 N–H and O–H groups in total. The van der Waals surface area contributed by atoms with Crippen molar-refractivity contribution in [3.8, 4) is 11.3 Å². The highest BCUT2D eigenvalue weighted by molar-refractivity contribution is 7.14. The Kier molecular flexibility index (Phi) is 4.09. The topological polar surface area (TPSA) is 109 Å². The van der Waals surface area contributed by atoms with Crippen molar-refractivity contribution in [2.75, 3.05) is 11.9 Å². The van der Waals surface area contributed by atoms with E-state index >= 15 is 0 Å². The molecule has 1 aromatic heterocycles. The second-order valence-corrected chi connectivity index (χ2v) is 5.61. The maximum atomic E-state index is 12.1. The highest BCUT2D eigenvalue weighted by atomic mass is 32.1. The van der Waals surface area contributed by atoms with Gasteiger partial charge < -0.3 is 5.32 Å². The van der Waals surface area contributed by atoms with Gasteiger partial charge in [0.2, 0.25) is 0 Å². The highest BCUT2D eigenvalue weighted by Crippen LogP contribution is 2.24. The summed E-state index contributed by atoms with van der Waals surface area (Å²) in [5.74, 6) is -0.472. The largest absolute Gasteiger partial charge is 0.300 e. The van der Waals surface area contributed by atoms with Crippen LogP contribution in [0.25, 0.3) is 11.3 Å². The molecule has 1 saturated heterocycles. The van der Waals surface area contributed by atoms with Gasteiger partial charge in [-0.25, -0.2) is 15.8 Å². The maximum absolute atomic E-state index is 12.1. The molecule has 0 spiro atoms. The van der Waals surface area contributed by atoms with Gasteiger partial charge in [-0.05, 0) is 0 Å². The molecule has 3 rings (SSSR count). The van der Waals surface area contributed by atoms with Crippen molar-refractivity contribution in [1.29, 1.82) is 0 Å². The molecule has 2 heterocycles. The van der Waals surface area contributed by atoms with Crippen molar-refractivity contribution in [2.45, 2.75) is 12.1 Å². The number of carbonyl (C=O) groups is 1. The van der Waals surface area contributed by atoms with E-state index in [9.17, 15) is 14.9 Å². The number of amides is 1. The highest BCUT2D eigenvalue weighted by Gasteiger charge is 2.41. The fraction of sp³-hybridized carbons (Fsp3) is 0.231. The first-order valence-electron chi connectivity index (χ1n) is 6.59. The van der Waals surface area contributed by atoms with Crippen LogP contribution in [0, 0.1) is 10.1 Å². The first-order valence-corrected chi connectivity index (χ1v) is 7.47. The number of thiazole rings is 1. The lowest BCUT2D eigenvalue weighted by Crippen LogP contribution is -2.46. The molecular weight excluding hydrogens is 306 g/mol. The quantitative estimate of drug-likeness (QED) is 0.570. The summed E-state index contributed by atoms with van der Waals surface area (Å²) >= 11 is 1.28. The van der Waals surface area contributed by atoms with Crippen LogP contribution in [0.2, 0.25) is 0 Å². The Balaban J connectivity index is 1.70. The molecule has 0 aliphatic carbocycles. The number of nitrogens with one attached hydrogen (secondary N) is 3. The lowest BCUT2D eigenvalue weighted by Gasteiger charge is -2.10. The number of hydrazine groups is 1. The molecule has 1 aliphatic rings. The number of hydrogen-bond acceptors (Lipinski definition) is 7. The zero-order valence-corrected chi connectivity index (χ0v) is 12.2. The van der Waals surface area contributed by atoms with Gasteiger partial charge >= 0.3 is 0 Å². The molecule has 114 valence electrons. The maximum Gasteiger partial charge on any atom is 0.252 e. The van der Waals surface area contributed by atoms with Crippen LogP contribution < -0.4 is 16.2 Å². The Morgan fingerprint density at radius 2 is 2.18 bits per heavy atom. The van der Waals surface area contributed by atoms with Gasteiger partial charge in [0, 0.05) is 15.9 Å². The smallest absolute Gasteiger partial charge is 0.252 e. The van der Waals surface area contributed by atoms with E-state index in [-0.39, 0.29) is 6.54 Å². The van der Waals surface area contributed by atoms with Crippen molar-refractivity contribution in [3.05, 3.63) is 45.8 Å². The molecule has 0 bridgehead atoms. The molecule has 1 aromatic carbocycles. The molecule has 1 aliphatic heterocycles. The molecular formula is C13H13N5O3S. The number of rotatable bonds is 4. The first-order chi connectivity index (χ1) is 10.6. The summed E-state index contributed by atoms with van der Waals surface area (Å²) < 4.78 is 0. The van der Waals surface area contributed by atoms with Crippen molar-refractivity contribution < 1.29 is 9.72 Å². The first kappa shape index (κ1) is 14.6. The molecule has 2 aromatic rings. The molecule has 8 nitrogen and oxygen atoms in total. The third-order valence-corrected chi connectivity index (χ3v) is 4.07. The van der Waals surface area contributed by atoms with Gasteiger partial charge in [0.25, 0.3) is 11.9 Å². The summed E-state index contributed by atoms with van der Waals surface area (Å²) in [6.45, 7) is 0.109. The minimum Gasteiger partial charge on any atom is -0.300 e. The lowest BCUT2D eigenvalue weighted by atomic mass is 10.1. The fourth-order valence-electron chi connectivity index (χ4n) is 2.18. The molecule has 2 unspecified atom stereocenters. The predicted molar refractivity (Wildman–Crippen MR) is 81.9 cm³/mol. The van der Waals surface area contributed by atoms with Gasteiger partial charge in [0.05, 0.1) is 12.2 Å². The summed E-state index contributed by atoms with van der Waals surface area (Å²) in [6, 6.07) is 7.66. The number of carbonyl (C=O) groups excluding carboxylic acids is 1. The van der Waals surface area contributed by atoms with E-state index in [4.69, 9.17) is 0 Å². The van der Waals surface area contributed by atoms with Gasteiger partial charge in [0.1, 0.15) is 0 Å². The second kappa shape index (κ2) is 6.18. The van der Waals surface area contributed by atoms with E-state index < -0.39 is 22.9 Å². The van der Waals surface area contributed by atoms with Crippen LogP contribution in [-0.4, -0.2) is 34.4 Å². The van der Waals surface area contributed by atoms with E-state index in [0.29, 0.717) is 5.13 Å². The number of benzene rings is 1. The summed E-state index contributed by atoms with van der Waals surface area (Å²) in [6.07, 6.45) is 0. The van der Waals surface area contributed by atoms with Crippen LogP contribution in [0.1, 0.15) is 0 Å². The van der Waals surface area contributed by atoms with Gasteiger partial charge in [-0.1, -0.05) is 30.3 Å². The number of hydrogen-bond donors (Lipinski definition) is 3. The Hall–Kier alpha value is -2.36. The summed E-state index contributed by atoms with van der Waals surface area (Å²) in [7, 11) is 0. The van der Waals surface area contributed by atoms with Crippen LogP contribution in [0.15, 0.2) is 35.7 Å². The van der Waals surface area contributed by atoms with Crippen molar-refractivity contribution >= 4 is 22.4 Å². The van der Waals surface area contributed by atoms with Gasteiger partial charge in [-0.2, -0.15) is 0 Å². The SMILES string of the molecule is O=C(Nc1nc(-c2ccccc2)cs1)C1NNCC1[N+](=O)[O-]. The fourth-order valence-corrected chi connectivity index (χ4v) is 2.90. The summed E-state index contributed by atoms with van der Waals surface area (Å²) in [4.78, 5) is 26.9. The van der Waals surface area contributed by atoms with Crippen molar-refractivity contribution in [3.63, 3.8) is 0 Å². The van der Waals surface area contributed by atoms with Crippen molar-refractivity contribution in [2.24, 2.45) is 0 Å². The van der Waals surface area contributed by atoms with E-state index in [1.165, 1.54) is 11.3 Å². The Bertz CT molecular complexity index is 690. The van der Waals surface area contributed by atoms with E-state index in [1.807, 2.05) is 35.7 Å². The average Bonchev–Trinajstić information content (AvgIpc) is 3.17. The van der Waals surface area contributed by atoms with E-state index in [1.54, 1.807) is 0 Å². The lowest BCUT2D eigenvalue weighted by molar-refractivity contribution is -0.517. The summed E-state index contributed by atoms with van der Waals surface area (Å²) in [5, 5.41) is 15.8. The molecule has 0 radical (unpaired) electrons. The Labute approximate surface area is 129 Å². The zero-order valence-electron chi connectivity index (χ0n) is 11.4. The molecule has 2 atom stereocenters. The van der Waals surface area contributed by atoms with Crippen LogP contribution in [0.5, 0.6) is 0 Å². The van der Waals surface area contributed by atoms with Crippen molar-refractivity contribution in [1.82, 2.24) is 15.8 Å². The third-order valence-electron chi connectivity index (χ3n) is 3.31. The summed E-state index contributed by atoms with van der Waals surface area (Å²) in [5.41, 5.74) is 6.95. The Morgan fingerprint density at radius 1 is 1.41 bits per heavy atom. The number of nitrogens with zero attached hydrogens (tertiary/aromatic N) is 2. The van der Waals surface area contributed by atoms with Crippen LogP contribution in [0.3, 0.4) is 0 Å². The van der Waals surface area contributed by atoms with Crippen LogP contribution in [0.4, 0.5) is 5.13 Å². The monoisotopic (exact) mass is 319 g/mol. The third kappa shape index (κ3) is 2.96. The molecule has 0 saturated carbocycles. The van der Waals surface area contributed by atoms with Gasteiger partial charge in [-0.3, -0.25) is 14.9 Å². The van der Waals surface area contributed by atoms with Gasteiger partial charge in [-0.15, -0.1) is 11.3 Å². The number of nitro groups is 1. The molecule has 1 amide bonds. The van der Waals surface area contributed by atoms with Crippen LogP contribution >= 0.6 is 11.3 Å². The molecule has 9 heteroatoms. The Morgan fingerprint density at radius 3 is 2.91 bits per heavy atom. The average molecular weight is 319 g/mol. The normalized spacial score (nSPS) is 20.7. The van der Waals surface area contributed by atoms with E-state index in [0.717, 1.165) is 11.3 Å². The predicted octanol–water partition coefficient (Wildman–Crippen LogP) is 0.870. The van der Waals surface area contributed by atoms with E-state index in [2.05, 4.69) is 21.2 Å². The number of aromatic nitrogens is 1. The molecule has 22 heavy (non-hydrogen) atoms. The molecule has 1 fully saturated rings. The number of anilines is 1. The minimum absolute atomic E-state index is 0.109. The second-order valence-electron chi connectivity index (χ2n) is 4.75. The minimum atomic E-state index is -0.992. The van der Waals surface area contributed by atoms with Crippen LogP contribution in [-0.2, 0) is 4.79 Å².